The molecule has 0 saturated carbocycles. The number of nitrogens with one attached hydrogen (secondary N) is 1. The van der Waals surface area contributed by atoms with Gasteiger partial charge in [0.25, 0.3) is 5.91 Å². The summed E-state index contributed by atoms with van der Waals surface area (Å²) in [7, 11) is 0. The summed E-state index contributed by atoms with van der Waals surface area (Å²) in [5, 5.41) is 2.46. The number of hydrogen-bond donors (Lipinski definition) is 1. The maximum atomic E-state index is 13.2. The maximum Gasteiger partial charge on any atom is 0.340 e. The molecule has 2 rings (SSSR count). The molecule has 2 aromatic rings. The van der Waals surface area contributed by atoms with Crippen molar-refractivity contribution >= 4 is 35.1 Å². The summed E-state index contributed by atoms with van der Waals surface area (Å²) in [4.78, 5) is 35.8. The van der Waals surface area contributed by atoms with Crippen molar-refractivity contribution in [3.8, 4) is 0 Å². The molecule has 0 radical (unpaired) electrons. The van der Waals surface area contributed by atoms with Gasteiger partial charge in [-0.1, -0.05) is 23.7 Å². The van der Waals surface area contributed by atoms with Crippen LogP contribution >= 0.6 is 11.6 Å². The number of anilines is 1. The zero-order valence-electron chi connectivity index (χ0n) is 13.8. The largest absolute Gasteiger partial charge is 0.462 e. The highest BCUT2D eigenvalue weighted by Gasteiger charge is 2.17. The number of benzene rings is 2. The fraction of sp³-hybridized carbons (Fsp3) is 0.167. The number of ether oxygens (including phenoxy) is 2. The first-order valence-corrected chi connectivity index (χ1v) is 7.98. The molecule has 0 spiro atoms. The molecule has 0 bridgehead atoms. The average molecular weight is 380 g/mol. The highest BCUT2D eigenvalue weighted by molar-refractivity contribution is 6.33. The third-order valence-electron chi connectivity index (χ3n) is 3.18. The summed E-state index contributed by atoms with van der Waals surface area (Å²) >= 11 is 5.80. The van der Waals surface area contributed by atoms with E-state index in [0.717, 1.165) is 12.1 Å². The fourth-order valence-corrected chi connectivity index (χ4v) is 2.22. The number of halogens is 2. The maximum absolute atomic E-state index is 13.2. The number of esters is 2. The van der Waals surface area contributed by atoms with Gasteiger partial charge in [0.05, 0.1) is 28.4 Å². The molecule has 6 nitrogen and oxygen atoms in total. The van der Waals surface area contributed by atoms with Crippen molar-refractivity contribution in [1.29, 1.82) is 0 Å². The first kappa shape index (κ1) is 19.4. The Morgan fingerprint density at radius 3 is 2.46 bits per heavy atom. The lowest BCUT2D eigenvalue weighted by atomic mass is 10.2. The number of para-hydroxylation sites is 1. The molecule has 0 unspecified atom stereocenters. The smallest absolute Gasteiger partial charge is 0.340 e. The first-order valence-electron chi connectivity index (χ1n) is 7.60. The van der Waals surface area contributed by atoms with Gasteiger partial charge in [0, 0.05) is 0 Å². The molecule has 0 aliphatic heterocycles. The van der Waals surface area contributed by atoms with Crippen LogP contribution in [0.15, 0.2) is 42.5 Å². The summed E-state index contributed by atoms with van der Waals surface area (Å²) < 4.78 is 22.9. The highest BCUT2D eigenvalue weighted by Crippen LogP contribution is 2.19. The number of amides is 1. The number of rotatable bonds is 6. The van der Waals surface area contributed by atoms with Crippen molar-refractivity contribution < 1.29 is 28.2 Å². The second-order valence-electron chi connectivity index (χ2n) is 5.01. The Bertz CT molecular complexity index is 840. The van der Waals surface area contributed by atoms with Gasteiger partial charge in [0.2, 0.25) is 0 Å². The van der Waals surface area contributed by atoms with Crippen LogP contribution in [0.25, 0.3) is 0 Å². The Hall–Kier alpha value is -2.93. The van der Waals surface area contributed by atoms with Gasteiger partial charge in [-0.3, -0.25) is 4.79 Å². The molecule has 0 saturated heterocycles. The molecule has 0 fully saturated rings. The Labute approximate surface area is 153 Å². The molecule has 0 aliphatic rings. The van der Waals surface area contributed by atoms with E-state index < -0.39 is 30.3 Å². The van der Waals surface area contributed by atoms with E-state index in [1.165, 1.54) is 18.2 Å². The SMILES string of the molecule is CCOC(=O)c1ccccc1NC(=O)COC(=O)c1cc(F)ccc1Cl. The van der Waals surface area contributed by atoms with Gasteiger partial charge in [-0.15, -0.1) is 0 Å². The minimum Gasteiger partial charge on any atom is -0.462 e. The molecule has 8 heteroatoms. The fourth-order valence-electron chi connectivity index (χ4n) is 2.03. The molecule has 2 aromatic carbocycles. The molecule has 1 N–H and O–H groups in total. The average Bonchev–Trinajstić information content (AvgIpc) is 2.62. The second kappa shape index (κ2) is 8.96. The quantitative estimate of drug-likeness (QED) is 0.777. The Morgan fingerprint density at radius 1 is 1.04 bits per heavy atom. The number of carbonyl (C=O) groups excluding carboxylic acids is 3. The summed E-state index contributed by atoms with van der Waals surface area (Å²) in [6.07, 6.45) is 0. The zero-order chi connectivity index (χ0) is 19.1. The van der Waals surface area contributed by atoms with Gasteiger partial charge in [0.1, 0.15) is 5.82 Å². The van der Waals surface area contributed by atoms with Crippen molar-refractivity contribution in [2.24, 2.45) is 0 Å². The zero-order valence-corrected chi connectivity index (χ0v) is 14.5. The second-order valence-corrected chi connectivity index (χ2v) is 5.42. The van der Waals surface area contributed by atoms with Crippen LogP contribution in [0.3, 0.4) is 0 Å². The topological polar surface area (TPSA) is 81.7 Å². The van der Waals surface area contributed by atoms with Gasteiger partial charge in [-0.2, -0.15) is 0 Å². The van der Waals surface area contributed by atoms with Crippen LogP contribution in [0.5, 0.6) is 0 Å². The van der Waals surface area contributed by atoms with Crippen molar-refractivity contribution in [3.05, 3.63) is 64.4 Å². The van der Waals surface area contributed by atoms with E-state index in [-0.39, 0.29) is 28.4 Å². The number of carbonyl (C=O) groups is 3. The van der Waals surface area contributed by atoms with Crippen molar-refractivity contribution in [2.75, 3.05) is 18.5 Å². The van der Waals surface area contributed by atoms with Gasteiger partial charge in [-0.05, 0) is 37.3 Å². The van der Waals surface area contributed by atoms with E-state index >= 15 is 0 Å². The monoisotopic (exact) mass is 379 g/mol. The lowest BCUT2D eigenvalue weighted by molar-refractivity contribution is -0.119. The summed E-state index contributed by atoms with van der Waals surface area (Å²) in [6.45, 7) is 1.21. The standard InChI is InChI=1S/C18H15ClFNO5/c1-2-25-17(23)12-5-3-4-6-15(12)21-16(22)10-26-18(24)13-9-11(20)7-8-14(13)19/h3-9H,2,10H2,1H3,(H,21,22). The van der Waals surface area contributed by atoms with Crippen LogP contribution in [0, 0.1) is 5.82 Å². The van der Waals surface area contributed by atoms with E-state index in [4.69, 9.17) is 21.1 Å². The van der Waals surface area contributed by atoms with Crippen LogP contribution in [0.2, 0.25) is 5.02 Å². The molecular formula is C18H15ClFNO5. The third kappa shape index (κ3) is 5.03. The lowest BCUT2D eigenvalue weighted by Crippen LogP contribution is -2.22. The minimum atomic E-state index is -0.941. The minimum absolute atomic E-state index is 0.00413. The predicted molar refractivity (Wildman–Crippen MR) is 92.7 cm³/mol. The van der Waals surface area contributed by atoms with E-state index in [1.54, 1.807) is 19.1 Å². The lowest BCUT2D eigenvalue weighted by Gasteiger charge is -2.11. The molecule has 26 heavy (non-hydrogen) atoms. The first-order chi connectivity index (χ1) is 12.4. The normalized spacial score (nSPS) is 10.1. The molecule has 0 aromatic heterocycles. The van der Waals surface area contributed by atoms with Crippen LogP contribution in [-0.2, 0) is 14.3 Å². The summed E-state index contributed by atoms with van der Waals surface area (Å²) in [6, 6.07) is 9.46. The Kier molecular flexibility index (Phi) is 6.68. The van der Waals surface area contributed by atoms with Gasteiger partial charge >= 0.3 is 11.9 Å². The van der Waals surface area contributed by atoms with Crippen LogP contribution in [-0.4, -0.2) is 31.1 Å². The van der Waals surface area contributed by atoms with Crippen molar-refractivity contribution in [2.45, 2.75) is 6.92 Å². The summed E-state index contributed by atoms with van der Waals surface area (Å²) in [5.74, 6) is -2.87. The molecule has 0 aliphatic carbocycles. The van der Waals surface area contributed by atoms with E-state index in [1.807, 2.05) is 0 Å². The van der Waals surface area contributed by atoms with Gasteiger partial charge < -0.3 is 14.8 Å². The van der Waals surface area contributed by atoms with Gasteiger partial charge in [0.15, 0.2) is 6.61 Å². The Morgan fingerprint density at radius 2 is 1.73 bits per heavy atom. The van der Waals surface area contributed by atoms with E-state index in [2.05, 4.69) is 5.32 Å². The van der Waals surface area contributed by atoms with Crippen LogP contribution < -0.4 is 5.32 Å². The van der Waals surface area contributed by atoms with Crippen molar-refractivity contribution in [1.82, 2.24) is 0 Å². The molecular weight excluding hydrogens is 365 g/mol. The molecule has 0 heterocycles. The predicted octanol–water partition coefficient (Wildman–Crippen LogP) is 3.45. The third-order valence-corrected chi connectivity index (χ3v) is 3.51. The van der Waals surface area contributed by atoms with Crippen LogP contribution in [0.1, 0.15) is 27.6 Å². The van der Waals surface area contributed by atoms with E-state index in [9.17, 15) is 18.8 Å². The molecule has 136 valence electrons. The molecule has 1 amide bonds. The van der Waals surface area contributed by atoms with Crippen LogP contribution in [0.4, 0.5) is 10.1 Å². The van der Waals surface area contributed by atoms with Crippen molar-refractivity contribution in [3.63, 3.8) is 0 Å². The van der Waals surface area contributed by atoms with Gasteiger partial charge in [-0.25, -0.2) is 14.0 Å². The molecule has 0 atom stereocenters. The number of hydrogen-bond acceptors (Lipinski definition) is 5. The summed E-state index contributed by atoms with van der Waals surface area (Å²) in [5.41, 5.74) is 0.198. The van der Waals surface area contributed by atoms with E-state index in [0.29, 0.717) is 0 Å². The highest BCUT2D eigenvalue weighted by atomic mass is 35.5. The Balaban J connectivity index is 2.00.